The summed E-state index contributed by atoms with van der Waals surface area (Å²) in [6.45, 7) is 2.05. The van der Waals surface area contributed by atoms with E-state index in [0.717, 1.165) is 24.1 Å². The van der Waals surface area contributed by atoms with Gasteiger partial charge >= 0.3 is 6.18 Å². The molecule has 4 heteroatoms. The highest BCUT2D eigenvalue weighted by Crippen LogP contribution is 2.29. The van der Waals surface area contributed by atoms with E-state index < -0.39 is 11.7 Å². The van der Waals surface area contributed by atoms with E-state index in [1.54, 1.807) is 6.08 Å². The summed E-state index contributed by atoms with van der Waals surface area (Å²) >= 11 is 0. The first-order chi connectivity index (χ1) is 10.4. The van der Waals surface area contributed by atoms with Gasteiger partial charge in [0, 0.05) is 5.56 Å². The van der Waals surface area contributed by atoms with Gasteiger partial charge in [0.15, 0.2) is 5.78 Å². The third-order valence-electron chi connectivity index (χ3n) is 3.31. The molecule has 0 aliphatic rings. The third kappa shape index (κ3) is 4.07. The van der Waals surface area contributed by atoms with E-state index in [0.29, 0.717) is 0 Å². The monoisotopic (exact) mass is 304 g/mol. The predicted molar refractivity (Wildman–Crippen MR) is 80.6 cm³/mol. The molecule has 22 heavy (non-hydrogen) atoms. The molecule has 0 heterocycles. The van der Waals surface area contributed by atoms with Gasteiger partial charge in [-0.25, -0.2) is 0 Å². The Morgan fingerprint density at radius 1 is 1.00 bits per heavy atom. The number of hydrogen-bond donors (Lipinski definition) is 0. The van der Waals surface area contributed by atoms with Gasteiger partial charge in [-0.05, 0) is 35.8 Å². The number of allylic oxidation sites excluding steroid dienone is 1. The summed E-state index contributed by atoms with van der Waals surface area (Å²) in [7, 11) is 0. The van der Waals surface area contributed by atoms with Crippen LogP contribution in [0.1, 0.15) is 34.0 Å². The Balaban J connectivity index is 2.09. The van der Waals surface area contributed by atoms with Crippen LogP contribution in [0.2, 0.25) is 0 Å². The lowest BCUT2D eigenvalue weighted by molar-refractivity contribution is -0.137. The number of benzene rings is 2. The lowest BCUT2D eigenvalue weighted by Crippen LogP contribution is -2.05. The molecule has 2 aromatic carbocycles. The van der Waals surface area contributed by atoms with Crippen molar-refractivity contribution in [1.82, 2.24) is 0 Å². The van der Waals surface area contributed by atoms with Crippen LogP contribution in [0.5, 0.6) is 0 Å². The molecule has 0 atom stereocenters. The zero-order valence-corrected chi connectivity index (χ0v) is 12.0. The Morgan fingerprint density at radius 2 is 1.59 bits per heavy atom. The second kappa shape index (κ2) is 6.60. The van der Waals surface area contributed by atoms with Crippen LogP contribution in [0.25, 0.3) is 6.08 Å². The van der Waals surface area contributed by atoms with Crippen LogP contribution in [0, 0.1) is 0 Å². The molecule has 0 fully saturated rings. The zero-order valence-electron chi connectivity index (χ0n) is 12.0. The van der Waals surface area contributed by atoms with E-state index in [-0.39, 0.29) is 11.3 Å². The number of aryl methyl sites for hydroxylation is 1. The standard InChI is InChI=1S/C18H15F3O/c1-2-13-3-5-14(6-4-13)7-12-17(22)15-8-10-16(11-9-15)18(19,20)21/h3-12H,2H2,1H3/b12-7+. The SMILES string of the molecule is CCc1ccc(/C=C/C(=O)c2ccc(C(F)(F)F)cc2)cc1. The number of ketones is 1. The molecule has 0 aromatic heterocycles. The van der Waals surface area contributed by atoms with Crippen LogP contribution in [0.3, 0.4) is 0 Å². The lowest BCUT2D eigenvalue weighted by atomic mass is 10.1. The van der Waals surface area contributed by atoms with Crippen molar-refractivity contribution in [2.75, 3.05) is 0 Å². The second-order valence-corrected chi connectivity index (χ2v) is 4.87. The van der Waals surface area contributed by atoms with Gasteiger partial charge in [-0.2, -0.15) is 13.2 Å². The Labute approximate surface area is 127 Å². The van der Waals surface area contributed by atoms with E-state index in [1.807, 2.05) is 24.3 Å². The first-order valence-electron chi connectivity index (χ1n) is 6.89. The van der Waals surface area contributed by atoms with E-state index >= 15 is 0 Å². The summed E-state index contributed by atoms with van der Waals surface area (Å²) in [5.41, 5.74) is 1.54. The smallest absolute Gasteiger partial charge is 0.289 e. The topological polar surface area (TPSA) is 17.1 Å². The quantitative estimate of drug-likeness (QED) is 0.563. The number of alkyl halides is 3. The Kier molecular flexibility index (Phi) is 4.81. The fraction of sp³-hybridized carbons (Fsp3) is 0.167. The zero-order chi connectivity index (χ0) is 16.2. The Bertz CT molecular complexity index is 665. The summed E-state index contributed by atoms with van der Waals surface area (Å²) in [6.07, 6.45) is -0.435. The van der Waals surface area contributed by atoms with Crippen molar-refractivity contribution < 1.29 is 18.0 Å². The Morgan fingerprint density at radius 3 is 2.09 bits per heavy atom. The minimum atomic E-state index is -4.39. The van der Waals surface area contributed by atoms with E-state index in [9.17, 15) is 18.0 Å². The predicted octanol–water partition coefficient (Wildman–Crippen LogP) is 5.16. The molecule has 0 spiro atoms. The minimum absolute atomic E-state index is 0.231. The molecular weight excluding hydrogens is 289 g/mol. The van der Waals surface area contributed by atoms with Crippen molar-refractivity contribution in [1.29, 1.82) is 0 Å². The van der Waals surface area contributed by atoms with Crippen molar-refractivity contribution in [3.63, 3.8) is 0 Å². The van der Waals surface area contributed by atoms with Crippen LogP contribution >= 0.6 is 0 Å². The highest BCUT2D eigenvalue weighted by Gasteiger charge is 2.30. The molecule has 0 bridgehead atoms. The van der Waals surface area contributed by atoms with Crippen molar-refractivity contribution in [2.45, 2.75) is 19.5 Å². The lowest BCUT2D eigenvalue weighted by Gasteiger charge is -2.06. The molecule has 0 aliphatic carbocycles. The molecule has 2 aromatic rings. The molecule has 0 saturated carbocycles. The van der Waals surface area contributed by atoms with Crippen LogP contribution in [-0.4, -0.2) is 5.78 Å². The molecule has 0 radical (unpaired) electrons. The van der Waals surface area contributed by atoms with Crippen molar-refractivity contribution >= 4 is 11.9 Å². The van der Waals surface area contributed by atoms with Gasteiger partial charge in [0.05, 0.1) is 5.56 Å². The minimum Gasteiger partial charge on any atom is -0.289 e. The summed E-state index contributed by atoms with van der Waals surface area (Å²) < 4.78 is 37.4. The van der Waals surface area contributed by atoms with Crippen LogP contribution < -0.4 is 0 Å². The largest absolute Gasteiger partial charge is 0.416 e. The summed E-state index contributed by atoms with van der Waals surface area (Å²) in [5, 5.41) is 0. The van der Waals surface area contributed by atoms with Crippen LogP contribution in [0.4, 0.5) is 13.2 Å². The first kappa shape index (κ1) is 16.0. The number of hydrogen-bond acceptors (Lipinski definition) is 1. The number of rotatable bonds is 4. The van der Waals surface area contributed by atoms with Gasteiger partial charge in [0.2, 0.25) is 0 Å². The molecular formula is C18H15F3O. The summed E-state index contributed by atoms with van der Waals surface area (Å²) in [5.74, 6) is -0.326. The highest BCUT2D eigenvalue weighted by atomic mass is 19.4. The molecule has 2 rings (SSSR count). The van der Waals surface area contributed by atoms with Gasteiger partial charge in [-0.3, -0.25) is 4.79 Å². The highest BCUT2D eigenvalue weighted by molar-refractivity contribution is 6.06. The van der Waals surface area contributed by atoms with Crippen molar-refractivity contribution in [3.05, 3.63) is 76.9 Å². The maximum absolute atomic E-state index is 12.5. The third-order valence-corrected chi connectivity index (χ3v) is 3.31. The number of carbonyl (C=O) groups is 1. The van der Waals surface area contributed by atoms with Gasteiger partial charge < -0.3 is 0 Å². The first-order valence-corrected chi connectivity index (χ1v) is 6.89. The van der Waals surface area contributed by atoms with Gasteiger partial charge in [-0.15, -0.1) is 0 Å². The fourth-order valence-electron chi connectivity index (χ4n) is 1.96. The van der Waals surface area contributed by atoms with Crippen molar-refractivity contribution in [2.24, 2.45) is 0 Å². The number of halogens is 3. The second-order valence-electron chi connectivity index (χ2n) is 4.87. The van der Waals surface area contributed by atoms with Crippen LogP contribution in [0.15, 0.2) is 54.6 Å². The molecule has 0 N–H and O–H groups in total. The normalized spacial score (nSPS) is 11.8. The maximum atomic E-state index is 12.5. The van der Waals surface area contributed by atoms with Gasteiger partial charge in [-0.1, -0.05) is 49.4 Å². The van der Waals surface area contributed by atoms with Crippen LogP contribution in [-0.2, 0) is 12.6 Å². The molecule has 0 saturated heterocycles. The summed E-state index contributed by atoms with van der Waals surface area (Å²) in [6, 6.07) is 12.0. The van der Waals surface area contributed by atoms with E-state index in [2.05, 4.69) is 6.92 Å². The molecule has 0 amide bonds. The van der Waals surface area contributed by atoms with Gasteiger partial charge in [0.25, 0.3) is 0 Å². The number of carbonyl (C=O) groups excluding carboxylic acids is 1. The van der Waals surface area contributed by atoms with Crippen molar-refractivity contribution in [3.8, 4) is 0 Å². The fourth-order valence-corrected chi connectivity index (χ4v) is 1.96. The molecule has 114 valence electrons. The Hall–Kier alpha value is -2.36. The van der Waals surface area contributed by atoms with Gasteiger partial charge in [0.1, 0.15) is 0 Å². The average molecular weight is 304 g/mol. The summed E-state index contributed by atoms with van der Waals surface area (Å²) in [4.78, 5) is 11.9. The maximum Gasteiger partial charge on any atom is 0.416 e. The average Bonchev–Trinajstić information content (AvgIpc) is 2.52. The molecule has 1 nitrogen and oxygen atoms in total. The molecule has 0 aliphatic heterocycles. The van der Waals surface area contributed by atoms with E-state index in [1.165, 1.54) is 23.8 Å². The van der Waals surface area contributed by atoms with E-state index in [4.69, 9.17) is 0 Å². The molecule has 0 unspecified atom stereocenters.